The topological polar surface area (TPSA) is 69.0 Å². The van der Waals surface area contributed by atoms with E-state index < -0.39 is 11.7 Å². The fourth-order valence-electron chi connectivity index (χ4n) is 2.74. The van der Waals surface area contributed by atoms with Crippen LogP contribution >= 0.6 is 0 Å². The normalized spacial score (nSPS) is 10.6. The summed E-state index contributed by atoms with van der Waals surface area (Å²) in [5, 5.41) is 7.15. The van der Waals surface area contributed by atoms with E-state index >= 15 is 0 Å². The molecule has 0 aliphatic carbocycles. The number of aryl methyl sites for hydroxylation is 1. The molecule has 0 aliphatic heterocycles. The third-order valence-electron chi connectivity index (χ3n) is 4.10. The van der Waals surface area contributed by atoms with Gasteiger partial charge in [0.05, 0.1) is 19.2 Å². The zero-order valence-corrected chi connectivity index (χ0v) is 15.3. The monoisotopic (exact) mass is 368 g/mol. The lowest BCUT2D eigenvalue weighted by molar-refractivity contribution is 0.0950. The highest BCUT2D eigenvalue weighted by atomic mass is 19.1. The third kappa shape index (κ3) is 4.69. The maximum atomic E-state index is 13.7. The first-order chi connectivity index (χ1) is 13.1. The predicted molar refractivity (Wildman–Crippen MR) is 99.3 cm³/mol. The summed E-state index contributed by atoms with van der Waals surface area (Å²) in [5.74, 6) is 1.25. The molecule has 140 valence electrons. The van der Waals surface area contributed by atoms with Crippen LogP contribution < -0.4 is 10.1 Å². The van der Waals surface area contributed by atoms with Crippen molar-refractivity contribution in [1.82, 2.24) is 20.1 Å². The first-order valence-electron chi connectivity index (χ1n) is 8.63. The number of rotatable bonds is 7. The Bertz CT molecular complexity index is 922. The second-order valence-corrected chi connectivity index (χ2v) is 6.07. The zero-order valence-electron chi connectivity index (χ0n) is 15.3. The van der Waals surface area contributed by atoms with Gasteiger partial charge in [-0.1, -0.05) is 24.3 Å². The van der Waals surface area contributed by atoms with Crippen LogP contribution in [0.15, 0.2) is 48.5 Å². The van der Waals surface area contributed by atoms with Gasteiger partial charge in [-0.25, -0.2) is 14.1 Å². The second kappa shape index (κ2) is 8.44. The van der Waals surface area contributed by atoms with Gasteiger partial charge in [0.15, 0.2) is 0 Å². The van der Waals surface area contributed by atoms with Crippen LogP contribution in [0.5, 0.6) is 5.75 Å². The Balaban J connectivity index is 1.62. The molecule has 0 saturated carbocycles. The summed E-state index contributed by atoms with van der Waals surface area (Å²) in [6.07, 6.45) is 0.497. The molecule has 1 aromatic heterocycles. The van der Waals surface area contributed by atoms with Crippen molar-refractivity contribution in [1.29, 1.82) is 0 Å². The molecule has 6 nitrogen and oxygen atoms in total. The molecule has 2 aromatic carbocycles. The quantitative estimate of drug-likeness (QED) is 0.696. The summed E-state index contributed by atoms with van der Waals surface area (Å²) >= 11 is 0. The summed E-state index contributed by atoms with van der Waals surface area (Å²) < 4.78 is 20.6. The van der Waals surface area contributed by atoms with Gasteiger partial charge in [-0.2, -0.15) is 5.10 Å². The molecule has 0 radical (unpaired) electrons. The van der Waals surface area contributed by atoms with Gasteiger partial charge in [-0.15, -0.1) is 0 Å². The molecule has 0 aliphatic rings. The predicted octanol–water partition coefficient (Wildman–Crippen LogP) is 2.76. The number of hydrogen-bond acceptors (Lipinski definition) is 4. The SMILES string of the molecule is COc1ccc(Cn2nc(C)nc2CCNC(=O)c2ccccc2F)cc1. The van der Waals surface area contributed by atoms with Crippen LogP contribution in [0, 0.1) is 12.7 Å². The summed E-state index contributed by atoms with van der Waals surface area (Å²) in [4.78, 5) is 16.5. The number of methoxy groups -OCH3 is 1. The highest BCUT2D eigenvalue weighted by Crippen LogP contribution is 2.13. The molecule has 27 heavy (non-hydrogen) atoms. The molecule has 7 heteroatoms. The number of aromatic nitrogens is 3. The number of nitrogens with zero attached hydrogens (tertiary/aromatic N) is 3. The van der Waals surface area contributed by atoms with Gasteiger partial charge in [0.1, 0.15) is 23.2 Å². The summed E-state index contributed by atoms with van der Waals surface area (Å²) in [6.45, 7) is 2.74. The van der Waals surface area contributed by atoms with Crippen molar-refractivity contribution in [2.24, 2.45) is 0 Å². The number of ether oxygens (including phenoxy) is 1. The zero-order chi connectivity index (χ0) is 19.2. The van der Waals surface area contributed by atoms with E-state index in [9.17, 15) is 9.18 Å². The van der Waals surface area contributed by atoms with Crippen molar-refractivity contribution in [2.45, 2.75) is 19.9 Å². The van der Waals surface area contributed by atoms with Crippen LogP contribution in [0.2, 0.25) is 0 Å². The standard InChI is InChI=1S/C20H21FN4O2/c1-14-23-19(11-12-22-20(26)17-5-3-4-6-18(17)21)25(24-14)13-15-7-9-16(27-2)10-8-15/h3-10H,11-13H2,1-2H3,(H,22,26). The van der Waals surface area contributed by atoms with Crippen LogP contribution in [-0.4, -0.2) is 34.3 Å². The smallest absolute Gasteiger partial charge is 0.254 e. The average molecular weight is 368 g/mol. The number of nitrogens with one attached hydrogen (secondary N) is 1. The lowest BCUT2D eigenvalue weighted by Crippen LogP contribution is -2.27. The largest absolute Gasteiger partial charge is 0.497 e. The number of carbonyl (C=O) groups is 1. The molecule has 1 amide bonds. The van der Waals surface area contributed by atoms with E-state index in [2.05, 4.69) is 15.4 Å². The number of benzene rings is 2. The Morgan fingerprint density at radius 1 is 1.19 bits per heavy atom. The maximum absolute atomic E-state index is 13.7. The molecular weight excluding hydrogens is 347 g/mol. The molecule has 1 heterocycles. The van der Waals surface area contributed by atoms with E-state index in [1.807, 2.05) is 35.9 Å². The maximum Gasteiger partial charge on any atom is 0.254 e. The molecule has 0 fully saturated rings. The van der Waals surface area contributed by atoms with Crippen molar-refractivity contribution < 1.29 is 13.9 Å². The van der Waals surface area contributed by atoms with Gasteiger partial charge in [0.25, 0.3) is 5.91 Å². The number of halogens is 1. The van der Waals surface area contributed by atoms with Crippen LogP contribution in [0.1, 0.15) is 27.6 Å². The van der Waals surface area contributed by atoms with Crippen LogP contribution in [0.3, 0.4) is 0 Å². The van der Waals surface area contributed by atoms with Crippen molar-refractivity contribution >= 4 is 5.91 Å². The van der Waals surface area contributed by atoms with Gasteiger partial charge in [-0.05, 0) is 36.8 Å². The highest BCUT2D eigenvalue weighted by molar-refractivity contribution is 5.94. The van der Waals surface area contributed by atoms with Gasteiger partial charge in [0, 0.05) is 13.0 Å². The van der Waals surface area contributed by atoms with E-state index in [1.54, 1.807) is 19.2 Å². The molecule has 0 atom stereocenters. The second-order valence-electron chi connectivity index (χ2n) is 6.07. The van der Waals surface area contributed by atoms with Crippen molar-refractivity contribution in [3.8, 4) is 5.75 Å². The molecule has 3 rings (SSSR count). The molecule has 0 unspecified atom stereocenters. The molecule has 3 aromatic rings. The van der Waals surface area contributed by atoms with E-state index in [4.69, 9.17) is 4.74 Å². The molecular formula is C20H21FN4O2. The highest BCUT2D eigenvalue weighted by Gasteiger charge is 2.12. The first kappa shape index (κ1) is 18.6. The fourth-order valence-corrected chi connectivity index (χ4v) is 2.74. The van der Waals surface area contributed by atoms with E-state index in [1.165, 1.54) is 12.1 Å². The van der Waals surface area contributed by atoms with Gasteiger partial charge >= 0.3 is 0 Å². The fraction of sp³-hybridized carbons (Fsp3) is 0.250. The molecule has 0 saturated heterocycles. The molecule has 0 spiro atoms. The van der Waals surface area contributed by atoms with E-state index in [0.29, 0.717) is 25.3 Å². The third-order valence-corrected chi connectivity index (χ3v) is 4.10. The summed E-state index contributed by atoms with van der Waals surface area (Å²) in [7, 11) is 1.63. The van der Waals surface area contributed by atoms with Crippen LogP contribution in [-0.2, 0) is 13.0 Å². The van der Waals surface area contributed by atoms with Crippen LogP contribution in [0.4, 0.5) is 4.39 Å². The molecule has 0 bridgehead atoms. The van der Waals surface area contributed by atoms with Gasteiger partial charge < -0.3 is 10.1 Å². The van der Waals surface area contributed by atoms with Gasteiger partial charge in [0.2, 0.25) is 0 Å². The van der Waals surface area contributed by atoms with E-state index in [-0.39, 0.29) is 5.56 Å². The Labute approximate surface area is 157 Å². The Hall–Kier alpha value is -3.22. The first-order valence-corrected chi connectivity index (χ1v) is 8.63. The summed E-state index contributed by atoms with van der Waals surface area (Å²) in [5.41, 5.74) is 1.10. The minimum absolute atomic E-state index is 0.0355. The lowest BCUT2D eigenvalue weighted by atomic mass is 10.2. The number of amides is 1. The summed E-state index contributed by atoms with van der Waals surface area (Å²) in [6, 6.07) is 13.6. The molecule has 1 N–H and O–H groups in total. The Kier molecular flexibility index (Phi) is 5.80. The minimum atomic E-state index is -0.534. The van der Waals surface area contributed by atoms with Gasteiger partial charge in [-0.3, -0.25) is 4.79 Å². The number of hydrogen-bond donors (Lipinski definition) is 1. The Morgan fingerprint density at radius 3 is 2.63 bits per heavy atom. The van der Waals surface area contributed by atoms with Crippen molar-refractivity contribution in [2.75, 3.05) is 13.7 Å². The van der Waals surface area contributed by atoms with Crippen molar-refractivity contribution in [3.05, 3.63) is 77.1 Å². The lowest BCUT2D eigenvalue weighted by Gasteiger charge is -2.08. The number of carbonyl (C=O) groups excluding carboxylic acids is 1. The minimum Gasteiger partial charge on any atom is -0.497 e. The average Bonchev–Trinajstić information content (AvgIpc) is 3.01. The Morgan fingerprint density at radius 2 is 1.93 bits per heavy atom. The van der Waals surface area contributed by atoms with Crippen molar-refractivity contribution in [3.63, 3.8) is 0 Å². The van der Waals surface area contributed by atoms with Crippen LogP contribution in [0.25, 0.3) is 0 Å². The van der Waals surface area contributed by atoms with E-state index in [0.717, 1.165) is 17.1 Å².